The van der Waals surface area contributed by atoms with Crippen molar-refractivity contribution in [3.05, 3.63) is 12.2 Å². The summed E-state index contributed by atoms with van der Waals surface area (Å²) in [6, 6.07) is 0.0729. The number of Topliss-reactive ketones (excluding diaryl/α,β-unsaturated/α-hetero) is 1. The fraction of sp³-hybridized carbons (Fsp3) is 0.556. The minimum absolute atomic E-state index is 0.0450. The molecule has 1 N–H and O–H groups in total. The highest BCUT2D eigenvalue weighted by Gasteiger charge is 2.32. The van der Waals surface area contributed by atoms with Crippen LogP contribution in [0.15, 0.2) is 12.2 Å². The van der Waals surface area contributed by atoms with E-state index in [0.29, 0.717) is 6.42 Å². The Labute approximate surface area is 70.8 Å². The second-order valence-electron chi connectivity index (χ2n) is 3.36. The molecule has 2 unspecified atom stereocenters. The Morgan fingerprint density at radius 3 is 3.08 bits per heavy atom. The highest BCUT2D eigenvalue weighted by atomic mass is 16.2. The molecule has 1 saturated carbocycles. The molecule has 0 aromatic carbocycles. The molecule has 0 saturated heterocycles. The van der Waals surface area contributed by atoms with Crippen molar-refractivity contribution in [3.63, 3.8) is 0 Å². The van der Waals surface area contributed by atoms with Gasteiger partial charge in [0.05, 0.1) is 5.92 Å². The number of nitrogens with one attached hydrogen (secondary N) is 1. The Kier molecular flexibility index (Phi) is 1.71. The number of ketones is 1. The van der Waals surface area contributed by atoms with Gasteiger partial charge in [-0.3, -0.25) is 9.59 Å². The number of fused-ring (bicyclic) bond motifs is 1. The summed E-state index contributed by atoms with van der Waals surface area (Å²) in [4.78, 5) is 22.2. The minimum Gasteiger partial charge on any atom is -0.349 e. The third kappa shape index (κ3) is 1.15. The van der Waals surface area contributed by atoms with Gasteiger partial charge in [0, 0.05) is 12.5 Å². The standard InChI is InChI=1S/C9H11NO2/c11-8-3-1-2-7-6(8)4-5-9(12)10-7/h4-7H,1-3H2,(H,10,12). The van der Waals surface area contributed by atoms with Gasteiger partial charge in [-0.05, 0) is 18.9 Å². The average molecular weight is 165 g/mol. The molecule has 0 spiro atoms. The van der Waals surface area contributed by atoms with Gasteiger partial charge < -0.3 is 5.32 Å². The highest BCUT2D eigenvalue weighted by molar-refractivity contribution is 5.93. The molecule has 3 heteroatoms. The fourth-order valence-corrected chi connectivity index (χ4v) is 1.89. The van der Waals surface area contributed by atoms with Crippen LogP contribution in [0.4, 0.5) is 0 Å². The van der Waals surface area contributed by atoms with Crippen LogP contribution in [0.1, 0.15) is 19.3 Å². The molecule has 2 rings (SSSR count). The van der Waals surface area contributed by atoms with Crippen LogP contribution in [-0.2, 0) is 9.59 Å². The minimum atomic E-state index is -0.0639. The largest absolute Gasteiger partial charge is 0.349 e. The molecular formula is C9H11NO2. The lowest BCUT2D eigenvalue weighted by Crippen LogP contribution is -2.47. The lowest BCUT2D eigenvalue weighted by molar-refractivity contribution is -0.125. The first kappa shape index (κ1) is 7.53. The summed E-state index contributed by atoms with van der Waals surface area (Å²) in [5.41, 5.74) is 0. The van der Waals surface area contributed by atoms with Crippen molar-refractivity contribution < 1.29 is 9.59 Å². The van der Waals surface area contributed by atoms with Crippen molar-refractivity contribution in [2.75, 3.05) is 0 Å². The van der Waals surface area contributed by atoms with E-state index >= 15 is 0 Å². The van der Waals surface area contributed by atoms with Gasteiger partial charge >= 0.3 is 0 Å². The van der Waals surface area contributed by atoms with Crippen LogP contribution >= 0.6 is 0 Å². The Morgan fingerprint density at radius 2 is 2.25 bits per heavy atom. The van der Waals surface area contributed by atoms with E-state index in [1.54, 1.807) is 6.08 Å². The number of carbonyl (C=O) groups is 2. The first-order valence-electron chi connectivity index (χ1n) is 4.29. The molecule has 2 atom stereocenters. The number of hydrogen-bond acceptors (Lipinski definition) is 2. The number of rotatable bonds is 0. The van der Waals surface area contributed by atoms with E-state index in [1.807, 2.05) is 0 Å². The van der Waals surface area contributed by atoms with Gasteiger partial charge in [-0.25, -0.2) is 0 Å². The highest BCUT2D eigenvalue weighted by Crippen LogP contribution is 2.24. The molecule has 0 bridgehead atoms. The molecular weight excluding hydrogens is 154 g/mol. The van der Waals surface area contributed by atoms with Gasteiger partial charge in [-0.15, -0.1) is 0 Å². The van der Waals surface area contributed by atoms with Crippen molar-refractivity contribution in [2.45, 2.75) is 25.3 Å². The van der Waals surface area contributed by atoms with Gasteiger partial charge in [0.15, 0.2) is 0 Å². The molecule has 0 radical (unpaired) electrons. The van der Waals surface area contributed by atoms with E-state index in [9.17, 15) is 9.59 Å². The molecule has 3 nitrogen and oxygen atoms in total. The van der Waals surface area contributed by atoms with Crippen molar-refractivity contribution in [1.29, 1.82) is 0 Å². The van der Waals surface area contributed by atoms with E-state index in [-0.39, 0.29) is 23.7 Å². The van der Waals surface area contributed by atoms with Crippen LogP contribution in [0.25, 0.3) is 0 Å². The van der Waals surface area contributed by atoms with Gasteiger partial charge in [-0.1, -0.05) is 6.08 Å². The van der Waals surface area contributed by atoms with Crippen molar-refractivity contribution in [3.8, 4) is 0 Å². The van der Waals surface area contributed by atoms with Crippen LogP contribution in [0, 0.1) is 5.92 Å². The van der Waals surface area contributed by atoms with E-state index < -0.39 is 0 Å². The maximum Gasteiger partial charge on any atom is 0.243 e. The maximum atomic E-state index is 11.3. The molecule has 1 amide bonds. The monoisotopic (exact) mass is 165 g/mol. The molecule has 1 heterocycles. The molecule has 1 aliphatic carbocycles. The topological polar surface area (TPSA) is 46.2 Å². The van der Waals surface area contributed by atoms with Crippen LogP contribution < -0.4 is 5.32 Å². The summed E-state index contributed by atoms with van der Waals surface area (Å²) >= 11 is 0. The number of hydrogen-bond donors (Lipinski definition) is 1. The van der Waals surface area contributed by atoms with E-state index in [1.165, 1.54) is 6.08 Å². The predicted octanol–water partition coefficient (Wildman–Crippen LogP) is 0.410. The lowest BCUT2D eigenvalue weighted by Gasteiger charge is -2.31. The summed E-state index contributed by atoms with van der Waals surface area (Å²) in [5, 5.41) is 2.80. The summed E-state index contributed by atoms with van der Waals surface area (Å²) in [6.07, 6.45) is 5.72. The summed E-state index contributed by atoms with van der Waals surface area (Å²) in [7, 11) is 0. The Hall–Kier alpha value is -1.12. The van der Waals surface area contributed by atoms with Gasteiger partial charge in [0.1, 0.15) is 5.78 Å². The fourth-order valence-electron chi connectivity index (χ4n) is 1.89. The molecule has 1 fully saturated rings. The van der Waals surface area contributed by atoms with Crippen LogP contribution in [0.2, 0.25) is 0 Å². The van der Waals surface area contributed by atoms with Crippen LogP contribution in [-0.4, -0.2) is 17.7 Å². The second-order valence-corrected chi connectivity index (χ2v) is 3.36. The summed E-state index contributed by atoms with van der Waals surface area (Å²) in [6.45, 7) is 0. The number of carbonyl (C=O) groups excluding carboxylic acids is 2. The molecule has 64 valence electrons. The van der Waals surface area contributed by atoms with Crippen molar-refractivity contribution >= 4 is 11.7 Å². The van der Waals surface area contributed by atoms with E-state index in [0.717, 1.165) is 12.8 Å². The van der Waals surface area contributed by atoms with Gasteiger partial charge in [-0.2, -0.15) is 0 Å². The van der Waals surface area contributed by atoms with Gasteiger partial charge in [0.25, 0.3) is 0 Å². The Balaban J connectivity index is 2.21. The zero-order chi connectivity index (χ0) is 8.55. The average Bonchev–Trinajstić information content (AvgIpc) is 2.04. The Morgan fingerprint density at radius 1 is 1.42 bits per heavy atom. The lowest BCUT2D eigenvalue weighted by atomic mass is 9.81. The number of amides is 1. The third-order valence-corrected chi connectivity index (χ3v) is 2.53. The second kappa shape index (κ2) is 2.73. The third-order valence-electron chi connectivity index (χ3n) is 2.53. The molecule has 2 aliphatic rings. The molecule has 0 aromatic heterocycles. The smallest absolute Gasteiger partial charge is 0.243 e. The SMILES string of the molecule is O=C1C=CC2C(=O)CCCC2N1. The molecule has 0 aromatic rings. The first-order chi connectivity index (χ1) is 5.77. The zero-order valence-electron chi connectivity index (χ0n) is 6.75. The first-order valence-corrected chi connectivity index (χ1v) is 4.29. The summed E-state index contributed by atoms with van der Waals surface area (Å²) < 4.78 is 0. The van der Waals surface area contributed by atoms with Gasteiger partial charge in [0.2, 0.25) is 5.91 Å². The Bertz CT molecular complexity index is 257. The van der Waals surface area contributed by atoms with Crippen molar-refractivity contribution in [2.24, 2.45) is 5.92 Å². The normalized spacial score (nSPS) is 34.3. The summed E-state index contributed by atoms with van der Waals surface area (Å²) in [5.74, 6) is 0.157. The van der Waals surface area contributed by atoms with Crippen LogP contribution in [0.3, 0.4) is 0 Å². The quantitative estimate of drug-likeness (QED) is 0.565. The molecule has 1 aliphatic heterocycles. The predicted molar refractivity (Wildman–Crippen MR) is 43.4 cm³/mol. The van der Waals surface area contributed by atoms with Crippen LogP contribution in [0.5, 0.6) is 0 Å². The maximum absolute atomic E-state index is 11.3. The van der Waals surface area contributed by atoms with E-state index in [4.69, 9.17) is 0 Å². The van der Waals surface area contributed by atoms with E-state index in [2.05, 4.69) is 5.32 Å². The zero-order valence-corrected chi connectivity index (χ0v) is 6.75. The molecule has 12 heavy (non-hydrogen) atoms. The van der Waals surface area contributed by atoms with Crippen molar-refractivity contribution in [1.82, 2.24) is 5.32 Å².